The third-order valence-electron chi connectivity index (χ3n) is 3.29. The molecule has 0 radical (unpaired) electrons. The summed E-state index contributed by atoms with van der Waals surface area (Å²) in [6.07, 6.45) is 5.51. The number of hydrogen-bond donors (Lipinski definition) is 1. The van der Waals surface area contributed by atoms with E-state index in [1.54, 1.807) is 0 Å². The summed E-state index contributed by atoms with van der Waals surface area (Å²) in [6.45, 7) is 0.419. The van der Waals surface area contributed by atoms with E-state index < -0.39 is 5.97 Å². The van der Waals surface area contributed by atoms with Crippen LogP contribution in [0.5, 0.6) is 0 Å². The second kappa shape index (κ2) is 4.76. The average Bonchev–Trinajstić information content (AvgIpc) is 2.86. The van der Waals surface area contributed by atoms with Gasteiger partial charge < -0.3 is 9.94 Å². The van der Waals surface area contributed by atoms with Crippen LogP contribution in [0.25, 0.3) is 6.08 Å². The zero-order valence-corrected chi connectivity index (χ0v) is 10.4. The number of hydrogen-bond acceptors (Lipinski definition) is 4. The Morgan fingerprint density at radius 1 is 1.42 bits per heavy atom. The number of carboxylic acid groups (broad SMARTS) is 1. The first-order chi connectivity index (χ1) is 9.25. The molecule has 0 atom stereocenters. The Morgan fingerprint density at radius 3 is 3.16 bits per heavy atom. The van der Waals surface area contributed by atoms with Crippen LogP contribution >= 0.6 is 0 Å². The van der Waals surface area contributed by atoms with Gasteiger partial charge in [-0.25, -0.2) is 0 Å². The Balaban J connectivity index is 1.88. The standard InChI is InChI=1S/C14H14N2O3/c17-13(18)6-2-5-10-3-1-4-11-7-8-12-15-19-9-16(12)14(10)11/h1,3-4,7-8H,2,5-6,9H2,(H,17,18). The molecule has 0 spiro atoms. The number of nitrogens with zero attached hydrogens (tertiary/aromatic N) is 2. The Bertz CT molecular complexity index is 578. The predicted octanol–water partition coefficient (Wildman–Crippen LogP) is 2.23. The highest BCUT2D eigenvalue weighted by Crippen LogP contribution is 2.33. The fourth-order valence-corrected chi connectivity index (χ4v) is 2.44. The van der Waals surface area contributed by atoms with Gasteiger partial charge in [-0.3, -0.25) is 9.69 Å². The summed E-state index contributed by atoms with van der Waals surface area (Å²) >= 11 is 0. The first-order valence-corrected chi connectivity index (χ1v) is 6.25. The molecular weight excluding hydrogens is 244 g/mol. The number of anilines is 1. The van der Waals surface area contributed by atoms with Crippen molar-refractivity contribution in [3.8, 4) is 0 Å². The molecule has 5 heteroatoms. The van der Waals surface area contributed by atoms with Crippen LogP contribution in [0, 0.1) is 0 Å². The van der Waals surface area contributed by atoms with Crippen molar-refractivity contribution in [1.29, 1.82) is 0 Å². The lowest BCUT2D eigenvalue weighted by molar-refractivity contribution is -0.137. The third kappa shape index (κ3) is 2.19. The lowest BCUT2D eigenvalue weighted by atomic mass is 9.98. The molecule has 0 unspecified atom stereocenters. The van der Waals surface area contributed by atoms with Gasteiger partial charge in [-0.05, 0) is 36.1 Å². The van der Waals surface area contributed by atoms with Crippen molar-refractivity contribution in [2.75, 3.05) is 11.6 Å². The van der Waals surface area contributed by atoms with Crippen LogP contribution in [0.15, 0.2) is 29.4 Å². The van der Waals surface area contributed by atoms with E-state index in [2.05, 4.69) is 5.16 Å². The number of amidine groups is 1. The van der Waals surface area contributed by atoms with E-state index >= 15 is 0 Å². The molecule has 0 saturated carbocycles. The van der Waals surface area contributed by atoms with Crippen molar-refractivity contribution in [3.63, 3.8) is 0 Å². The number of para-hydroxylation sites is 1. The molecule has 0 aromatic heterocycles. The summed E-state index contributed by atoms with van der Waals surface area (Å²) in [7, 11) is 0. The van der Waals surface area contributed by atoms with Crippen LogP contribution in [0.1, 0.15) is 24.0 Å². The monoisotopic (exact) mass is 258 g/mol. The molecule has 2 aliphatic rings. The topological polar surface area (TPSA) is 62.1 Å². The second-order valence-corrected chi connectivity index (χ2v) is 4.57. The van der Waals surface area contributed by atoms with Gasteiger partial charge in [0.05, 0.1) is 5.69 Å². The van der Waals surface area contributed by atoms with Crippen molar-refractivity contribution >= 4 is 23.6 Å². The average molecular weight is 258 g/mol. The highest BCUT2D eigenvalue weighted by atomic mass is 16.7. The number of aryl methyl sites for hydroxylation is 1. The van der Waals surface area contributed by atoms with Crippen LogP contribution in [0.4, 0.5) is 5.69 Å². The molecule has 0 amide bonds. The molecule has 0 bridgehead atoms. The second-order valence-electron chi connectivity index (χ2n) is 4.57. The molecule has 2 heterocycles. The maximum Gasteiger partial charge on any atom is 0.303 e. The highest BCUT2D eigenvalue weighted by Gasteiger charge is 2.25. The van der Waals surface area contributed by atoms with E-state index in [-0.39, 0.29) is 6.42 Å². The highest BCUT2D eigenvalue weighted by molar-refractivity contribution is 6.12. The molecule has 3 rings (SSSR count). The maximum absolute atomic E-state index is 10.6. The van der Waals surface area contributed by atoms with Crippen LogP contribution in [-0.4, -0.2) is 23.6 Å². The lowest BCUT2D eigenvalue weighted by Gasteiger charge is -2.25. The van der Waals surface area contributed by atoms with E-state index in [4.69, 9.17) is 9.94 Å². The molecule has 0 aliphatic carbocycles. The normalized spacial score (nSPS) is 15.6. The number of aliphatic carboxylic acids is 1. The van der Waals surface area contributed by atoms with Crippen molar-refractivity contribution < 1.29 is 14.7 Å². The summed E-state index contributed by atoms with van der Waals surface area (Å²) in [5.74, 6) is 0.0506. The molecule has 0 saturated heterocycles. The van der Waals surface area contributed by atoms with Crippen LogP contribution < -0.4 is 4.90 Å². The van der Waals surface area contributed by atoms with Crippen molar-refractivity contribution in [2.45, 2.75) is 19.3 Å². The van der Waals surface area contributed by atoms with Crippen molar-refractivity contribution in [3.05, 3.63) is 35.4 Å². The zero-order chi connectivity index (χ0) is 13.2. The van der Waals surface area contributed by atoms with Gasteiger partial charge in [0.1, 0.15) is 0 Å². The number of carbonyl (C=O) groups is 1. The van der Waals surface area contributed by atoms with E-state index in [1.165, 1.54) is 0 Å². The Labute approximate surface area is 110 Å². The molecule has 2 aliphatic heterocycles. The van der Waals surface area contributed by atoms with E-state index in [1.807, 2.05) is 35.3 Å². The summed E-state index contributed by atoms with van der Waals surface area (Å²) in [4.78, 5) is 17.7. The van der Waals surface area contributed by atoms with Crippen molar-refractivity contribution in [1.82, 2.24) is 0 Å². The maximum atomic E-state index is 10.6. The molecule has 5 nitrogen and oxygen atoms in total. The molecule has 1 aromatic rings. The summed E-state index contributed by atoms with van der Waals surface area (Å²) < 4.78 is 0. The zero-order valence-electron chi connectivity index (χ0n) is 10.4. The van der Waals surface area contributed by atoms with Gasteiger partial charge in [-0.1, -0.05) is 23.4 Å². The minimum absolute atomic E-state index is 0.191. The van der Waals surface area contributed by atoms with E-state index in [0.717, 1.165) is 29.1 Å². The Morgan fingerprint density at radius 2 is 2.32 bits per heavy atom. The number of oxime groups is 1. The summed E-state index contributed by atoms with van der Waals surface area (Å²) in [5, 5.41) is 12.7. The van der Waals surface area contributed by atoms with E-state index in [9.17, 15) is 4.79 Å². The first kappa shape index (κ1) is 11.8. The fourth-order valence-electron chi connectivity index (χ4n) is 2.44. The van der Waals surface area contributed by atoms with Gasteiger partial charge in [0.15, 0.2) is 12.6 Å². The molecule has 1 aromatic carbocycles. The van der Waals surface area contributed by atoms with Crippen LogP contribution in [0.3, 0.4) is 0 Å². The molecule has 1 N–H and O–H groups in total. The largest absolute Gasteiger partial charge is 0.481 e. The van der Waals surface area contributed by atoms with Gasteiger partial charge in [0, 0.05) is 6.42 Å². The van der Waals surface area contributed by atoms with Gasteiger partial charge in [0.2, 0.25) is 0 Å². The number of benzene rings is 1. The molecular formula is C14H14N2O3. The smallest absolute Gasteiger partial charge is 0.303 e. The summed E-state index contributed by atoms with van der Waals surface area (Å²) in [6, 6.07) is 6.08. The third-order valence-corrected chi connectivity index (χ3v) is 3.29. The Hall–Kier alpha value is -2.30. The number of fused-ring (bicyclic) bond motifs is 3. The van der Waals surface area contributed by atoms with Gasteiger partial charge >= 0.3 is 5.97 Å². The van der Waals surface area contributed by atoms with Crippen LogP contribution in [0.2, 0.25) is 0 Å². The van der Waals surface area contributed by atoms with Crippen LogP contribution in [-0.2, 0) is 16.1 Å². The Kier molecular flexibility index (Phi) is 2.95. The number of carboxylic acids is 1. The predicted molar refractivity (Wildman–Crippen MR) is 71.9 cm³/mol. The first-order valence-electron chi connectivity index (χ1n) is 6.25. The van der Waals surface area contributed by atoms with Gasteiger partial charge in [-0.15, -0.1) is 0 Å². The van der Waals surface area contributed by atoms with E-state index in [0.29, 0.717) is 13.2 Å². The lowest BCUT2D eigenvalue weighted by Crippen LogP contribution is -2.29. The molecule has 19 heavy (non-hydrogen) atoms. The summed E-state index contributed by atoms with van der Waals surface area (Å²) in [5.41, 5.74) is 3.35. The quantitative estimate of drug-likeness (QED) is 0.899. The SMILES string of the molecule is O=C(O)CCCc1cccc2c1N1CON=C1C=C2. The molecule has 0 fully saturated rings. The molecule has 98 valence electrons. The fraction of sp³-hybridized carbons (Fsp3) is 0.286. The van der Waals surface area contributed by atoms with Gasteiger partial charge in [0.25, 0.3) is 0 Å². The minimum Gasteiger partial charge on any atom is -0.481 e. The number of rotatable bonds is 4. The van der Waals surface area contributed by atoms with Gasteiger partial charge in [-0.2, -0.15) is 0 Å². The van der Waals surface area contributed by atoms with Crippen molar-refractivity contribution in [2.24, 2.45) is 5.16 Å². The minimum atomic E-state index is -0.753.